The minimum atomic E-state index is -3.08. The number of piperazine rings is 1. The molecule has 0 saturated carbocycles. The summed E-state index contributed by atoms with van der Waals surface area (Å²) in [5, 5.41) is 9.44. The van der Waals surface area contributed by atoms with Crippen molar-refractivity contribution >= 4 is 10.0 Å². The predicted octanol–water partition coefficient (Wildman–Crippen LogP) is -0.345. The van der Waals surface area contributed by atoms with Crippen molar-refractivity contribution < 1.29 is 13.5 Å². The third kappa shape index (κ3) is 5.65. The van der Waals surface area contributed by atoms with Crippen LogP contribution in [0.3, 0.4) is 0 Å². The normalized spacial score (nSPS) is 24.2. The molecule has 1 rings (SSSR count). The van der Waals surface area contributed by atoms with E-state index in [1.54, 1.807) is 14.1 Å². The van der Waals surface area contributed by atoms with Crippen molar-refractivity contribution in [1.29, 1.82) is 0 Å². The summed E-state index contributed by atoms with van der Waals surface area (Å²) in [5.41, 5.74) is 0. The number of β-amino-alcohol motifs (C(OH)–C–C–N with tert-alkyl or cyclic N) is 1. The Morgan fingerprint density at radius 2 is 2.00 bits per heavy atom. The highest BCUT2D eigenvalue weighted by Gasteiger charge is 2.24. The molecule has 0 aromatic carbocycles. The van der Waals surface area contributed by atoms with Crippen LogP contribution in [0.2, 0.25) is 0 Å². The number of aliphatic hydroxyl groups excluding tert-OH is 1. The molecule has 6 nitrogen and oxygen atoms in total. The fourth-order valence-corrected chi connectivity index (χ4v) is 3.40. The maximum Gasteiger partial charge on any atom is 0.213 e. The van der Waals surface area contributed by atoms with E-state index in [0.717, 1.165) is 26.2 Å². The summed E-state index contributed by atoms with van der Waals surface area (Å²) in [4.78, 5) is 4.60. The molecule has 0 aromatic heterocycles. The molecular formula is C13H29N3O3S. The van der Waals surface area contributed by atoms with Gasteiger partial charge < -0.3 is 10.0 Å². The van der Waals surface area contributed by atoms with E-state index in [2.05, 4.69) is 16.7 Å². The lowest BCUT2D eigenvalue weighted by Gasteiger charge is -2.40. The van der Waals surface area contributed by atoms with Crippen LogP contribution in [0.15, 0.2) is 0 Å². The van der Waals surface area contributed by atoms with E-state index >= 15 is 0 Å². The average molecular weight is 307 g/mol. The highest BCUT2D eigenvalue weighted by atomic mass is 32.2. The van der Waals surface area contributed by atoms with Crippen molar-refractivity contribution in [2.75, 3.05) is 52.6 Å². The van der Waals surface area contributed by atoms with Crippen LogP contribution in [0, 0.1) is 0 Å². The Hall–Kier alpha value is -0.210. The molecule has 120 valence electrons. The molecule has 0 bridgehead atoms. The van der Waals surface area contributed by atoms with Crippen molar-refractivity contribution in [2.45, 2.75) is 32.4 Å². The van der Waals surface area contributed by atoms with Gasteiger partial charge in [0.2, 0.25) is 10.0 Å². The summed E-state index contributed by atoms with van der Waals surface area (Å²) in [7, 11) is 0.0752. The third-order valence-corrected chi connectivity index (χ3v) is 5.70. The van der Waals surface area contributed by atoms with Crippen LogP contribution in [-0.2, 0) is 10.0 Å². The molecule has 1 aliphatic heterocycles. The van der Waals surface area contributed by atoms with Gasteiger partial charge in [0.05, 0.1) is 11.9 Å². The molecule has 1 aliphatic rings. The zero-order valence-corrected chi connectivity index (χ0v) is 13.9. The number of hydrogen-bond donors (Lipinski definition) is 1. The van der Waals surface area contributed by atoms with Gasteiger partial charge >= 0.3 is 0 Å². The molecule has 1 N–H and O–H groups in total. The standard InChI is InChI=1S/C13H29N3O3S/c1-12-10-15(7-8-16(12)11-13(2)17)6-5-9-20(18,19)14(3)4/h12-13,17H,5-11H2,1-4H3/t12-,13-/m1/s1. The number of nitrogens with zero attached hydrogens (tertiary/aromatic N) is 3. The lowest BCUT2D eigenvalue weighted by molar-refractivity contribution is 0.0453. The van der Waals surface area contributed by atoms with Gasteiger partial charge in [-0.2, -0.15) is 0 Å². The lowest BCUT2D eigenvalue weighted by atomic mass is 10.1. The molecular weight excluding hydrogens is 278 g/mol. The molecule has 0 spiro atoms. The Balaban J connectivity index is 2.31. The predicted molar refractivity (Wildman–Crippen MR) is 81.2 cm³/mol. The van der Waals surface area contributed by atoms with Gasteiger partial charge in [0.1, 0.15) is 0 Å². The fourth-order valence-electron chi connectivity index (χ4n) is 2.54. The van der Waals surface area contributed by atoms with Crippen LogP contribution >= 0.6 is 0 Å². The second-order valence-electron chi connectivity index (χ2n) is 5.95. The molecule has 1 heterocycles. The van der Waals surface area contributed by atoms with Crippen LogP contribution in [0.1, 0.15) is 20.3 Å². The van der Waals surface area contributed by atoms with Crippen molar-refractivity contribution in [3.05, 3.63) is 0 Å². The summed E-state index contributed by atoms with van der Waals surface area (Å²) in [6.07, 6.45) is 0.373. The monoisotopic (exact) mass is 307 g/mol. The van der Waals surface area contributed by atoms with Crippen molar-refractivity contribution in [1.82, 2.24) is 14.1 Å². The molecule has 20 heavy (non-hydrogen) atoms. The molecule has 2 atom stereocenters. The van der Waals surface area contributed by atoms with Crippen molar-refractivity contribution in [3.63, 3.8) is 0 Å². The van der Waals surface area contributed by atoms with E-state index in [0.29, 0.717) is 19.0 Å². The molecule has 0 amide bonds. The molecule has 1 saturated heterocycles. The van der Waals surface area contributed by atoms with Crippen LogP contribution in [0.25, 0.3) is 0 Å². The zero-order valence-electron chi connectivity index (χ0n) is 13.1. The van der Waals surface area contributed by atoms with Crippen molar-refractivity contribution in [3.8, 4) is 0 Å². The highest BCUT2D eigenvalue weighted by molar-refractivity contribution is 7.89. The number of sulfonamides is 1. The van der Waals surface area contributed by atoms with E-state index in [1.165, 1.54) is 4.31 Å². The Bertz CT molecular complexity index is 384. The average Bonchev–Trinajstić information content (AvgIpc) is 2.31. The van der Waals surface area contributed by atoms with E-state index in [4.69, 9.17) is 0 Å². The first-order valence-corrected chi connectivity index (χ1v) is 8.88. The number of hydrogen-bond acceptors (Lipinski definition) is 5. The summed E-state index contributed by atoms with van der Waals surface area (Å²) < 4.78 is 24.7. The Morgan fingerprint density at radius 1 is 1.35 bits per heavy atom. The maximum absolute atomic E-state index is 11.7. The van der Waals surface area contributed by atoms with E-state index < -0.39 is 10.0 Å². The van der Waals surface area contributed by atoms with Crippen LogP contribution < -0.4 is 0 Å². The lowest BCUT2D eigenvalue weighted by Crippen LogP contribution is -2.53. The summed E-state index contributed by atoms with van der Waals surface area (Å²) in [6.45, 7) is 8.32. The molecule has 0 radical (unpaired) electrons. The van der Waals surface area contributed by atoms with Crippen LogP contribution in [0.4, 0.5) is 0 Å². The summed E-state index contributed by atoms with van der Waals surface area (Å²) >= 11 is 0. The SMILES string of the molecule is C[C@@H]1CN(CCCS(=O)(=O)N(C)C)CCN1C[C@@H](C)O. The van der Waals surface area contributed by atoms with E-state index in [9.17, 15) is 13.5 Å². The van der Waals surface area contributed by atoms with Gasteiger partial charge in [-0.1, -0.05) is 0 Å². The first-order valence-electron chi connectivity index (χ1n) is 7.27. The fraction of sp³-hybridized carbons (Fsp3) is 1.00. The second-order valence-corrected chi connectivity index (χ2v) is 8.25. The first kappa shape index (κ1) is 17.8. The largest absolute Gasteiger partial charge is 0.392 e. The van der Waals surface area contributed by atoms with Gasteiger partial charge in [0.15, 0.2) is 0 Å². The topological polar surface area (TPSA) is 64.1 Å². The second kappa shape index (κ2) is 7.70. The number of aliphatic hydroxyl groups is 1. The van der Waals surface area contributed by atoms with E-state index in [-0.39, 0.29) is 11.9 Å². The van der Waals surface area contributed by atoms with Gasteiger partial charge in [0.25, 0.3) is 0 Å². The molecule has 1 fully saturated rings. The Kier molecular flexibility index (Phi) is 6.87. The summed E-state index contributed by atoms with van der Waals surface area (Å²) in [5.74, 6) is 0.211. The quantitative estimate of drug-likeness (QED) is 0.697. The molecule has 0 aromatic rings. The smallest absolute Gasteiger partial charge is 0.213 e. The third-order valence-electron chi connectivity index (χ3n) is 3.78. The van der Waals surface area contributed by atoms with E-state index in [1.807, 2.05) is 6.92 Å². The minimum Gasteiger partial charge on any atom is -0.392 e. The molecule has 0 unspecified atom stereocenters. The van der Waals surface area contributed by atoms with Gasteiger partial charge in [-0.25, -0.2) is 12.7 Å². The van der Waals surface area contributed by atoms with Gasteiger partial charge in [-0.3, -0.25) is 4.90 Å². The highest BCUT2D eigenvalue weighted by Crippen LogP contribution is 2.11. The zero-order chi connectivity index (χ0) is 15.3. The molecule has 7 heteroatoms. The van der Waals surface area contributed by atoms with Crippen molar-refractivity contribution in [2.24, 2.45) is 0 Å². The van der Waals surface area contributed by atoms with Crippen LogP contribution in [0.5, 0.6) is 0 Å². The first-order chi connectivity index (χ1) is 9.22. The van der Waals surface area contributed by atoms with Crippen LogP contribution in [-0.4, -0.2) is 92.3 Å². The van der Waals surface area contributed by atoms with Gasteiger partial charge in [-0.15, -0.1) is 0 Å². The molecule has 0 aliphatic carbocycles. The Labute approximate surface area is 123 Å². The summed E-state index contributed by atoms with van der Waals surface area (Å²) in [6, 6.07) is 0.406. The van der Waals surface area contributed by atoms with Gasteiger partial charge in [0, 0.05) is 46.3 Å². The Morgan fingerprint density at radius 3 is 2.50 bits per heavy atom. The maximum atomic E-state index is 11.7. The number of rotatable bonds is 7. The minimum absolute atomic E-state index is 0.211. The van der Waals surface area contributed by atoms with Gasteiger partial charge in [-0.05, 0) is 26.8 Å².